The molecule has 0 aromatic rings. The monoisotopic (exact) mass is 468 g/mol. The minimum atomic E-state index is -0.343. The summed E-state index contributed by atoms with van der Waals surface area (Å²) in [4.78, 5) is 16.3. The quantitative estimate of drug-likeness (QED) is 0.289. The Bertz CT molecular complexity index is 438. The van der Waals surface area contributed by atoms with E-state index in [4.69, 9.17) is 9.47 Å². The summed E-state index contributed by atoms with van der Waals surface area (Å²) in [7, 11) is 0. The number of hydrogen-bond acceptors (Lipinski definition) is 4. The van der Waals surface area contributed by atoms with Crippen LogP contribution >= 0.6 is 24.0 Å². The first kappa shape index (κ1) is 22.3. The smallest absolute Gasteiger partial charge is 0.407 e. The Morgan fingerprint density at radius 1 is 1.36 bits per heavy atom. The van der Waals surface area contributed by atoms with Gasteiger partial charge in [0.1, 0.15) is 0 Å². The minimum absolute atomic E-state index is 0. The van der Waals surface area contributed by atoms with Crippen LogP contribution in [-0.2, 0) is 9.47 Å². The van der Waals surface area contributed by atoms with Crippen molar-refractivity contribution >= 4 is 36.0 Å². The summed E-state index contributed by atoms with van der Waals surface area (Å²) in [6.45, 7) is 9.26. The van der Waals surface area contributed by atoms with Crippen LogP contribution in [0.1, 0.15) is 46.5 Å². The number of alkyl carbamates (subject to hydrolysis) is 1. The van der Waals surface area contributed by atoms with Gasteiger partial charge >= 0.3 is 6.09 Å². The molecule has 0 aromatic carbocycles. The Labute approximate surface area is 168 Å². The third-order valence-corrected chi connectivity index (χ3v) is 4.48. The molecule has 1 saturated heterocycles. The highest BCUT2D eigenvalue weighted by Gasteiger charge is 2.33. The number of carbonyl (C=O) groups excluding carboxylic acids is 1. The lowest BCUT2D eigenvalue weighted by Gasteiger charge is -2.23. The number of nitrogens with zero attached hydrogens (tertiary/aromatic N) is 1. The highest BCUT2D eigenvalue weighted by Crippen LogP contribution is 2.32. The summed E-state index contributed by atoms with van der Waals surface area (Å²) in [6, 6.07) is 0.0752. The lowest BCUT2D eigenvalue weighted by Crippen LogP contribution is -2.48. The fraction of sp³-hybridized carbons (Fsp3) is 0.882. The fourth-order valence-electron chi connectivity index (χ4n) is 2.91. The average Bonchev–Trinajstić information content (AvgIpc) is 3.31. The predicted octanol–water partition coefficient (Wildman–Crippen LogP) is 2.25. The number of hydrogen-bond donors (Lipinski definition) is 3. The zero-order valence-electron chi connectivity index (χ0n) is 15.6. The number of aliphatic imine (C=N–C) groups is 1. The van der Waals surface area contributed by atoms with Crippen molar-refractivity contribution in [1.82, 2.24) is 16.0 Å². The number of amides is 1. The first-order valence-electron chi connectivity index (χ1n) is 9.15. The second-order valence-corrected chi connectivity index (χ2v) is 6.79. The number of nitrogens with one attached hydrogen (secondary N) is 3. The lowest BCUT2D eigenvalue weighted by molar-refractivity contribution is 0.0283. The number of ether oxygens (including phenoxy) is 2. The lowest BCUT2D eigenvalue weighted by atomic mass is 10.0. The van der Waals surface area contributed by atoms with Crippen molar-refractivity contribution in [3.8, 4) is 0 Å². The van der Waals surface area contributed by atoms with Gasteiger partial charge in [-0.25, -0.2) is 4.79 Å². The van der Waals surface area contributed by atoms with Crippen LogP contribution in [0.5, 0.6) is 0 Å². The minimum Gasteiger partial charge on any atom is -0.450 e. The van der Waals surface area contributed by atoms with Crippen LogP contribution in [0.4, 0.5) is 4.79 Å². The standard InChI is InChI=1S/C17H32N4O3.HI/c1-4-18-15(20-12-17(3)9-6-10-24-17)19-11-14(13-7-8-13)21-16(22)23-5-2;/h13-14H,4-12H2,1-3H3,(H,21,22)(H2,18,19,20);1H. The first-order valence-corrected chi connectivity index (χ1v) is 9.15. The zero-order chi connectivity index (χ0) is 17.4. The van der Waals surface area contributed by atoms with E-state index in [1.807, 2.05) is 13.8 Å². The van der Waals surface area contributed by atoms with Crippen LogP contribution in [0, 0.1) is 5.92 Å². The molecule has 3 N–H and O–H groups in total. The Hall–Kier alpha value is -0.770. The van der Waals surface area contributed by atoms with Gasteiger partial charge in [0.2, 0.25) is 0 Å². The highest BCUT2D eigenvalue weighted by molar-refractivity contribution is 14.0. The van der Waals surface area contributed by atoms with Gasteiger partial charge in [-0.2, -0.15) is 0 Å². The van der Waals surface area contributed by atoms with Gasteiger partial charge in [-0.1, -0.05) is 0 Å². The van der Waals surface area contributed by atoms with E-state index in [9.17, 15) is 4.79 Å². The van der Waals surface area contributed by atoms with Crippen LogP contribution < -0.4 is 16.0 Å². The molecule has 25 heavy (non-hydrogen) atoms. The largest absolute Gasteiger partial charge is 0.450 e. The van der Waals surface area contributed by atoms with Crippen molar-refractivity contribution in [2.45, 2.75) is 58.1 Å². The molecule has 0 aromatic heterocycles. The molecule has 2 atom stereocenters. The predicted molar refractivity (Wildman–Crippen MR) is 110 cm³/mol. The molecular weight excluding hydrogens is 435 g/mol. The van der Waals surface area contributed by atoms with E-state index >= 15 is 0 Å². The molecule has 8 heteroatoms. The van der Waals surface area contributed by atoms with Gasteiger partial charge in [0.15, 0.2) is 5.96 Å². The molecule has 1 heterocycles. The van der Waals surface area contributed by atoms with E-state index < -0.39 is 0 Å². The summed E-state index contributed by atoms with van der Waals surface area (Å²) in [5.74, 6) is 1.30. The molecule has 1 amide bonds. The number of rotatable bonds is 8. The molecule has 7 nitrogen and oxygen atoms in total. The van der Waals surface area contributed by atoms with Gasteiger partial charge in [0.05, 0.1) is 24.8 Å². The molecule has 0 spiro atoms. The van der Waals surface area contributed by atoms with Crippen molar-refractivity contribution in [3.63, 3.8) is 0 Å². The molecule has 146 valence electrons. The van der Waals surface area contributed by atoms with Crippen molar-refractivity contribution < 1.29 is 14.3 Å². The van der Waals surface area contributed by atoms with Gasteiger partial charge in [0.25, 0.3) is 0 Å². The molecule has 1 aliphatic heterocycles. The summed E-state index contributed by atoms with van der Waals surface area (Å²) < 4.78 is 10.8. The summed E-state index contributed by atoms with van der Waals surface area (Å²) in [6.07, 6.45) is 4.11. The van der Waals surface area contributed by atoms with Gasteiger partial charge < -0.3 is 25.4 Å². The molecular formula is C17H33IN4O3. The Morgan fingerprint density at radius 3 is 2.68 bits per heavy atom. The summed E-state index contributed by atoms with van der Waals surface area (Å²) in [5.41, 5.74) is -0.151. The maximum atomic E-state index is 11.7. The number of carbonyl (C=O) groups is 1. The van der Waals surface area contributed by atoms with Crippen LogP contribution in [0.3, 0.4) is 0 Å². The molecule has 1 aliphatic carbocycles. The van der Waals surface area contributed by atoms with Crippen molar-refractivity contribution in [1.29, 1.82) is 0 Å². The van der Waals surface area contributed by atoms with Crippen molar-refractivity contribution in [3.05, 3.63) is 0 Å². The van der Waals surface area contributed by atoms with Crippen LogP contribution in [0.25, 0.3) is 0 Å². The second-order valence-electron chi connectivity index (χ2n) is 6.79. The third-order valence-electron chi connectivity index (χ3n) is 4.48. The first-order chi connectivity index (χ1) is 11.6. The van der Waals surface area contributed by atoms with E-state index in [2.05, 4.69) is 27.9 Å². The average molecular weight is 468 g/mol. The summed E-state index contributed by atoms with van der Waals surface area (Å²) in [5, 5.41) is 9.55. The molecule has 2 rings (SSSR count). The van der Waals surface area contributed by atoms with Crippen molar-refractivity contribution in [2.75, 3.05) is 32.8 Å². The highest BCUT2D eigenvalue weighted by atomic mass is 127. The third kappa shape index (κ3) is 7.98. The summed E-state index contributed by atoms with van der Waals surface area (Å²) >= 11 is 0. The number of halogens is 1. The SMILES string of the molecule is CCNC(=NCC1(C)CCCO1)NCC(NC(=O)OCC)C1CC1.I. The van der Waals surface area contributed by atoms with Crippen LogP contribution in [-0.4, -0.2) is 56.5 Å². The molecule has 0 bridgehead atoms. The molecule has 2 fully saturated rings. The fourth-order valence-corrected chi connectivity index (χ4v) is 2.91. The Balaban J connectivity index is 0.00000312. The maximum Gasteiger partial charge on any atom is 0.407 e. The molecule has 0 radical (unpaired) electrons. The van der Waals surface area contributed by atoms with Crippen LogP contribution in [0.2, 0.25) is 0 Å². The van der Waals surface area contributed by atoms with E-state index in [1.54, 1.807) is 0 Å². The number of guanidine groups is 1. The van der Waals surface area contributed by atoms with Crippen molar-refractivity contribution in [2.24, 2.45) is 10.9 Å². The van der Waals surface area contributed by atoms with Gasteiger partial charge in [-0.3, -0.25) is 4.99 Å². The normalized spacial score (nSPS) is 24.2. The topological polar surface area (TPSA) is 84.0 Å². The van der Waals surface area contributed by atoms with Gasteiger partial charge in [-0.15, -0.1) is 24.0 Å². The Kier molecular flexibility index (Phi) is 9.84. The van der Waals surface area contributed by atoms with E-state index in [1.165, 1.54) is 0 Å². The molecule has 1 saturated carbocycles. The second kappa shape index (κ2) is 11.1. The van der Waals surface area contributed by atoms with E-state index in [0.29, 0.717) is 25.6 Å². The maximum absolute atomic E-state index is 11.7. The van der Waals surface area contributed by atoms with Gasteiger partial charge in [-0.05, 0) is 52.4 Å². The van der Waals surface area contributed by atoms with E-state index in [0.717, 1.165) is 44.8 Å². The zero-order valence-corrected chi connectivity index (χ0v) is 17.9. The van der Waals surface area contributed by atoms with Crippen LogP contribution in [0.15, 0.2) is 4.99 Å². The van der Waals surface area contributed by atoms with E-state index in [-0.39, 0.29) is 41.7 Å². The molecule has 2 aliphatic rings. The van der Waals surface area contributed by atoms with Gasteiger partial charge in [0, 0.05) is 19.7 Å². The molecule has 2 unspecified atom stereocenters. The Morgan fingerprint density at radius 2 is 2.12 bits per heavy atom.